The van der Waals surface area contributed by atoms with Gasteiger partial charge in [0, 0.05) is 29.7 Å². The second-order valence-corrected chi connectivity index (χ2v) is 9.34. The SMILES string of the molecule is Fc1ccccc1CCN1CCC2(/C=C/C=C\C=C\CC(c3cc(Cl)cc(Cl)c3)O2)CC1. The minimum Gasteiger partial charge on any atom is -0.363 e. The Labute approximate surface area is 200 Å². The van der Waals surface area contributed by atoms with E-state index in [1.54, 1.807) is 12.1 Å². The van der Waals surface area contributed by atoms with Gasteiger partial charge in [-0.3, -0.25) is 0 Å². The predicted molar refractivity (Wildman–Crippen MR) is 131 cm³/mol. The lowest BCUT2D eigenvalue weighted by Crippen LogP contribution is -2.46. The van der Waals surface area contributed by atoms with Gasteiger partial charge in [-0.2, -0.15) is 0 Å². The van der Waals surface area contributed by atoms with Crippen LogP contribution in [-0.4, -0.2) is 30.1 Å². The highest BCUT2D eigenvalue weighted by molar-refractivity contribution is 6.34. The highest BCUT2D eigenvalue weighted by atomic mass is 35.5. The van der Waals surface area contributed by atoms with Crippen molar-refractivity contribution in [3.05, 3.63) is 106 Å². The quantitative estimate of drug-likeness (QED) is 0.462. The normalized spacial score (nSPS) is 24.2. The van der Waals surface area contributed by atoms with Crippen LogP contribution in [0.15, 0.2) is 78.9 Å². The van der Waals surface area contributed by atoms with Crippen molar-refractivity contribution in [2.24, 2.45) is 0 Å². The zero-order valence-electron chi connectivity index (χ0n) is 18.0. The fourth-order valence-corrected chi connectivity index (χ4v) is 4.94. The summed E-state index contributed by atoms with van der Waals surface area (Å²) >= 11 is 12.6. The Hall–Kier alpha value is -1.91. The van der Waals surface area contributed by atoms with Crippen LogP contribution in [0.1, 0.15) is 36.5 Å². The molecule has 0 saturated carbocycles. The lowest BCUT2D eigenvalue weighted by Gasteiger charge is -2.42. The Balaban J connectivity index is 1.47. The smallest absolute Gasteiger partial charge is 0.126 e. The first-order chi connectivity index (χ1) is 15.5. The molecule has 168 valence electrons. The summed E-state index contributed by atoms with van der Waals surface area (Å²) in [6.45, 7) is 2.65. The second-order valence-electron chi connectivity index (χ2n) is 8.46. The molecule has 2 aliphatic rings. The molecular weight excluding hydrogens is 444 g/mol. The van der Waals surface area contributed by atoms with E-state index in [4.69, 9.17) is 27.9 Å². The van der Waals surface area contributed by atoms with E-state index in [-0.39, 0.29) is 17.5 Å². The molecule has 0 amide bonds. The van der Waals surface area contributed by atoms with E-state index in [2.05, 4.69) is 23.1 Å². The maximum Gasteiger partial charge on any atom is 0.126 e. The zero-order chi connectivity index (χ0) is 22.4. The molecule has 0 radical (unpaired) electrons. The minimum atomic E-state index is -0.358. The van der Waals surface area contributed by atoms with Gasteiger partial charge in [-0.25, -0.2) is 4.39 Å². The fraction of sp³-hybridized carbons (Fsp3) is 0.333. The fourth-order valence-electron chi connectivity index (χ4n) is 4.40. The van der Waals surface area contributed by atoms with Gasteiger partial charge in [-0.1, -0.05) is 77.9 Å². The van der Waals surface area contributed by atoms with Crippen molar-refractivity contribution in [1.82, 2.24) is 4.90 Å². The Bertz CT molecular complexity index is 988. The predicted octanol–water partition coefficient (Wildman–Crippen LogP) is 7.34. The van der Waals surface area contributed by atoms with Crippen molar-refractivity contribution < 1.29 is 9.13 Å². The Kier molecular flexibility index (Phi) is 7.85. The third kappa shape index (κ3) is 6.11. The topological polar surface area (TPSA) is 12.5 Å². The summed E-state index contributed by atoms with van der Waals surface area (Å²) in [6.07, 6.45) is 15.6. The summed E-state index contributed by atoms with van der Waals surface area (Å²) in [5, 5.41) is 1.23. The third-order valence-electron chi connectivity index (χ3n) is 6.21. The van der Waals surface area contributed by atoms with E-state index in [1.165, 1.54) is 6.07 Å². The molecule has 0 bridgehead atoms. The van der Waals surface area contributed by atoms with Crippen molar-refractivity contribution in [3.8, 4) is 0 Å². The van der Waals surface area contributed by atoms with Crippen LogP contribution < -0.4 is 0 Å². The molecule has 5 heteroatoms. The van der Waals surface area contributed by atoms with Crippen LogP contribution in [0.5, 0.6) is 0 Å². The summed E-state index contributed by atoms with van der Waals surface area (Å²) in [6, 6.07) is 12.7. The molecule has 1 atom stereocenters. The first-order valence-corrected chi connectivity index (χ1v) is 11.9. The number of benzene rings is 2. The van der Waals surface area contributed by atoms with E-state index in [9.17, 15) is 4.39 Å². The average molecular weight is 472 g/mol. The highest BCUT2D eigenvalue weighted by Gasteiger charge is 2.36. The van der Waals surface area contributed by atoms with Crippen LogP contribution in [0.4, 0.5) is 4.39 Å². The summed E-state index contributed by atoms with van der Waals surface area (Å²) in [5.41, 5.74) is 1.41. The number of rotatable bonds is 4. The Morgan fingerprint density at radius 2 is 1.69 bits per heavy atom. The van der Waals surface area contributed by atoms with Crippen LogP contribution in [0.25, 0.3) is 0 Å². The van der Waals surface area contributed by atoms with Crippen LogP contribution in [0, 0.1) is 5.82 Å². The van der Waals surface area contributed by atoms with Crippen LogP contribution >= 0.6 is 23.2 Å². The van der Waals surface area contributed by atoms with Crippen molar-refractivity contribution in [3.63, 3.8) is 0 Å². The first kappa shape index (κ1) is 23.3. The molecule has 1 unspecified atom stereocenters. The molecule has 2 aromatic rings. The minimum absolute atomic E-state index is 0.123. The third-order valence-corrected chi connectivity index (χ3v) is 6.65. The number of allylic oxidation sites excluding steroid dienone is 4. The van der Waals surface area contributed by atoms with Crippen LogP contribution in [0.2, 0.25) is 10.0 Å². The van der Waals surface area contributed by atoms with E-state index < -0.39 is 0 Å². The molecule has 0 aliphatic carbocycles. The van der Waals surface area contributed by atoms with Gasteiger partial charge in [-0.15, -0.1) is 0 Å². The molecule has 4 rings (SSSR count). The zero-order valence-corrected chi connectivity index (χ0v) is 19.5. The number of halogens is 3. The monoisotopic (exact) mass is 471 g/mol. The molecule has 1 spiro atoms. The van der Waals surface area contributed by atoms with Gasteiger partial charge in [0.1, 0.15) is 5.82 Å². The van der Waals surface area contributed by atoms with Gasteiger partial charge in [0.2, 0.25) is 0 Å². The average Bonchev–Trinajstić information content (AvgIpc) is 2.78. The van der Waals surface area contributed by atoms with Crippen molar-refractivity contribution in [2.45, 2.75) is 37.4 Å². The number of nitrogens with zero attached hydrogens (tertiary/aromatic N) is 1. The molecular formula is C27H28Cl2FNO. The molecule has 1 fully saturated rings. The number of hydrogen-bond acceptors (Lipinski definition) is 2. The molecule has 1 saturated heterocycles. The van der Waals surface area contributed by atoms with E-state index >= 15 is 0 Å². The first-order valence-electron chi connectivity index (χ1n) is 11.1. The number of hydrogen-bond donors (Lipinski definition) is 0. The van der Waals surface area contributed by atoms with Gasteiger partial charge in [0.05, 0.1) is 11.7 Å². The van der Waals surface area contributed by atoms with Crippen LogP contribution in [0.3, 0.4) is 0 Å². The molecule has 0 aromatic heterocycles. The molecule has 2 heterocycles. The highest BCUT2D eigenvalue weighted by Crippen LogP contribution is 2.37. The van der Waals surface area contributed by atoms with E-state index in [1.807, 2.05) is 42.5 Å². The molecule has 32 heavy (non-hydrogen) atoms. The second kappa shape index (κ2) is 10.8. The maximum absolute atomic E-state index is 14.0. The lowest BCUT2D eigenvalue weighted by molar-refractivity contribution is -0.0942. The number of piperidine rings is 1. The number of ether oxygens (including phenoxy) is 1. The molecule has 2 aromatic carbocycles. The van der Waals surface area contributed by atoms with Gasteiger partial charge in [0.15, 0.2) is 0 Å². The number of likely N-dealkylation sites (tertiary alicyclic amines) is 1. The van der Waals surface area contributed by atoms with Gasteiger partial charge < -0.3 is 9.64 Å². The van der Waals surface area contributed by atoms with Crippen LogP contribution in [-0.2, 0) is 11.2 Å². The van der Waals surface area contributed by atoms with Gasteiger partial charge in [0.25, 0.3) is 0 Å². The Morgan fingerprint density at radius 3 is 2.44 bits per heavy atom. The van der Waals surface area contributed by atoms with E-state index in [0.717, 1.165) is 50.0 Å². The summed E-state index contributed by atoms with van der Waals surface area (Å²) < 4.78 is 20.8. The largest absolute Gasteiger partial charge is 0.363 e. The van der Waals surface area contributed by atoms with Gasteiger partial charge in [-0.05, 0) is 61.1 Å². The van der Waals surface area contributed by atoms with Crippen molar-refractivity contribution in [2.75, 3.05) is 19.6 Å². The van der Waals surface area contributed by atoms with Crippen molar-refractivity contribution >= 4 is 23.2 Å². The van der Waals surface area contributed by atoms with Crippen molar-refractivity contribution in [1.29, 1.82) is 0 Å². The summed E-state index contributed by atoms with van der Waals surface area (Å²) in [4.78, 5) is 2.40. The standard InChI is InChI=1S/C27H28Cl2FNO/c28-23-18-22(19-24(29)20-23)26-10-4-2-1-3-7-12-27(32-26)13-16-31(17-14-27)15-11-21-8-5-6-9-25(21)30/h1-9,12,18-20,26H,10-11,13-17H2/b3-1-,4-2+,12-7+. The maximum atomic E-state index is 14.0. The lowest BCUT2D eigenvalue weighted by atomic mass is 9.89. The summed E-state index contributed by atoms with van der Waals surface area (Å²) in [7, 11) is 0. The van der Waals surface area contributed by atoms with Gasteiger partial charge >= 0.3 is 0 Å². The summed E-state index contributed by atoms with van der Waals surface area (Å²) in [5.74, 6) is -0.123. The molecule has 0 N–H and O–H groups in total. The molecule has 2 nitrogen and oxygen atoms in total. The Morgan fingerprint density at radius 1 is 0.969 bits per heavy atom. The molecule has 2 aliphatic heterocycles. The van der Waals surface area contributed by atoms with E-state index in [0.29, 0.717) is 16.5 Å².